The molecule has 0 saturated heterocycles. The molecular formula is C34H41F2N3O4SSi. The first-order valence-electron chi connectivity index (χ1n) is 15.0. The summed E-state index contributed by atoms with van der Waals surface area (Å²) in [6, 6.07) is 6.29. The minimum Gasteiger partial charge on any atom is -0.474 e. The van der Waals surface area contributed by atoms with E-state index in [4.69, 9.17) is 14.2 Å². The van der Waals surface area contributed by atoms with Gasteiger partial charge in [-0.15, -0.1) is 5.54 Å². The zero-order valence-electron chi connectivity index (χ0n) is 27.5. The third kappa shape index (κ3) is 6.60. The Balaban J connectivity index is 2.19. The number of hydrogen-bond donors (Lipinski definition) is 1. The van der Waals surface area contributed by atoms with Crippen LogP contribution in [0.15, 0.2) is 34.2 Å². The van der Waals surface area contributed by atoms with Gasteiger partial charge in [-0.1, -0.05) is 65.3 Å². The summed E-state index contributed by atoms with van der Waals surface area (Å²) in [6.45, 7) is 16.6. The van der Waals surface area contributed by atoms with Gasteiger partial charge in [-0.2, -0.15) is 0 Å². The Morgan fingerprint density at radius 3 is 2.22 bits per heavy atom. The smallest absolute Gasteiger partial charge is 0.265 e. The van der Waals surface area contributed by atoms with Crippen LogP contribution in [0.3, 0.4) is 0 Å². The Kier molecular flexibility index (Phi) is 10.6. The molecule has 0 atom stereocenters. The molecule has 45 heavy (non-hydrogen) atoms. The van der Waals surface area contributed by atoms with Crippen molar-refractivity contribution in [1.29, 1.82) is 0 Å². The minimum absolute atomic E-state index is 0.0621. The number of rotatable bonds is 10. The third-order valence-corrected chi connectivity index (χ3v) is 15.1. The van der Waals surface area contributed by atoms with Gasteiger partial charge in [0.15, 0.2) is 17.8 Å². The number of H-pyrrole nitrogens is 1. The second kappa shape index (κ2) is 13.9. The van der Waals surface area contributed by atoms with Gasteiger partial charge < -0.3 is 19.2 Å². The zero-order chi connectivity index (χ0) is 33.2. The lowest BCUT2D eigenvalue weighted by Gasteiger charge is -2.38. The van der Waals surface area contributed by atoms with Crippen LogP contribution in [0, 0.1) is 23.1 Å². The first-order valence-corrected chi connectivity index (χ1v) is 18.5. The topological polar surface area (TPSA) is 86.3 Å². The van der Waals surface area contributed by atoms with E-state index in [1.165, 1.54) is 24.9 Å². The van der Waals surface area contributed by atoms with Crippen molar-refractivity contribution in [1.82, 2.24) is 15.0 Å². The van der Waals surface area contributed by atoms with Crippen molar-refractivity contribution in [3.8, 4) is 34.4 Å². The Bertz CT molecular complexity index is 1830. The molecule has 0 radical (unpaired) electrons. The quantitative estimate of drug-likeness (QED) is 0.0604. The van der Waals surface area contributed by atoms with Gasteiger partial charge in [0.2, 0.25) is 5.88 Å². The first-order chi connectivity index (χ1) is 21.3. The second-order valence-corrected chi connectivity index (χ2v) is 18.6. The number of fused-ring (bicyclic) bond motifs is 2. The zero-order valence-corrected chi connectivity index (χ0v) is 29.3. The summed E-state index contributed by atoms with van der Waals surface area (Å²) in [5, 5.41) is 1.08. The third-order valence-electron chi connectivity index (χ3n) is 8.19. The molecule has 0 saturated carbocycles. The van der Waals surface area contributed by atoms with Gasteiger partial charge >= 0.3 is 0 Å². The maximum Gasteiger partial charge on any atom is 0.265 e. The van der Waals surface area contributed by atoms with Crippen molar-refractivity contribution in [2.75, 3.05) is 20.2 Å². The average Bonchev–Trinajstić information content (AvgIpc) is 2.97. The molecule has 0 unspecified atom stereocenters. The summed E-state index contributed by atoms with van der Waals surface area (Å²) in [4.78, 5) is 24.7. The SMILES string of the molecule is COCOc1cc(-c2nc(OC(C)C)c3c(=O)[nH]c(SC)nc3c2F)c2c(C#C[Si](C(C)C)(C(C)C)C(C)C)c(F)ccc2c1. The van der Waals surface area contributed by atoms with Crippen LogP contribution in [-0.4, -0.2) is 49.3 Å². The van der Waals surface area contributed by atoms with Crippen molar-refractivity contribution >= 4 is 41.5 Å². The molecule has 0 aliphatic carbocycles. The average molecular weight is 654 g/mol. The van der Waals surface area contributed by atoms with Crippen molar-refractivity contribution in [3.05, 3.63) is 51.8 Å². The summed E-state index contributed by atoms with van der Waals surface area (Å²) in [5.74, 6) is 2.17. The van der Waals surface area contributed by atoms with Crippen LogP contribution in [0.5, 0.6) is 11.6 Å². The van der Waals surface area contributed by atoms with Gasteiger partial charge in [0.05, 0.1) is 11.7 Å². The van der Waals surface area contributed by atoms with Gasteiger partial charge in [-0.3, -0.25) is 4.79 Å². The molecule has 0 aliphatic heterocycles. The van der Waals surface area contributed by atoms with Crippen molar-refractivity contribution in [3.63, 3.8) is 0 Å². The summed E-state index contributed by atoms with van der Waals surface area (Å²) < 4.78 is 49.4. The molecule has 11 heteroatoms. The molecule has 0 amide bonds. The lowest BCUT2D eigenvalue weighted by Crippen LogP contribution is -2.43. The highest BCUT2D eigenvalue weighted by atomic mass is 32.2. The number of halogens is 2. The van der Waals surface area contributed by atoms with Crippen LogP contribution in [0.25, 0.3) is 32.9 Å². The Morgan fingerprint density at radius 1 is 0.978 bits per heavy atom. The van der Waals surface area contributed by atoms with E-state index < -0.39 is 25.3 Å². The predicted molar refractivity (Wildman–Crippen MR) is 181 cm³/mol. The molecule has 7 nitrogen and oxygen atoms in total. The van der Waals surface area contributed by atoms with E-state index in [9.17, 15) is 4.79 Å². The molecule has 240 valence electrons. The number of pyridine rings is 1. The van der Waals surface area contributed by atoms with Crippen LogP contribution >= 0.6 is 11.8 Å². The number of ether oxygens (including phenoxy) is 3. The van der Waals surface area contributed by atoms with Crippen LogP contribution in [0.2, 0.25) is 16.6 Å². The molecule has 0 bridgehead atoms. The number of methoxy groups -OCH3 is 1. The van der Waals surface area contributed by atoms with Crippen molar-refractivity contribution < 1.29 is 23.0 Å². The first kappa shape index (κ1) is 34.4. The maximum atomic E-state index is 16.7. The van der Waals surface area contributed by atoms with Gasteiger partial charge in [0.1, 0.15) is 36.2 Å². The normalized spacial score (nSPS) is 12.1. The fourth-order valence-corrected chi connectivity index (χ4v) is 11.8. The number of benzene rings is 2. The van der Waals surface area contributed by atoms with E-state index in [0.29, 0.717) is 33.1 Å². The molecule has 2 aromatic heterocycles. The Morgan fingerprint density at radius 2 is 1.64 bits per heavy atom. The predicted octanol–water partition coefficient (Wildman–Crippen LogP) is 8.48. The lowest BCUT2D eigenvalue weighted by atomic mass is 9.95. The van der Waals surface area contributed by atoms with Crippen LogP contribution in [0.1, 0.15) is 61.0 Å². The highest BCUT2D eigenvalue weighted by Crippen LogP contribution is 2.42. The van der Waals surface area contributed by atoms with E-state index in [-0.39, 0.29) is 51.7 Å². The van der Waals surface area contributed by atoms with Crippen LogP contribution in [0.4, 0.5) is 8.78 Å². The molecule has 0 fully saturated rings. The molecule has 2 aromatic carbocycles. The monoisotopic (exact) mass is 653 g/mol. The summed E-state index contributed by atoms with van der Waals surface area (Å²) >= 11 is 1.17. The molecule has 2 heterocycles. The Labute approximate surface area is 268 Å². The number of nitrogens with one attached hydrogen (secondary N) is 1. The molecule has 0 spiro atoms. The Hall–Kier alpha value is -3.46. The standard InChI is InChI=1S/C34H41F2N3O4SSi/c1-18(2)43-33-28-31(38-34(44-10)39-32(28)40)29(36)30(37-33)25-16-23(42-17-41-9)15-22-11-12-26(35)24(27(22)25)13-14-45(19(3)4,20(5)6)21(7)8/h11-12,15-16,18-21H,17H2,1-10H3,(H,38,39,40). The number of thioether (sulfide) groups is 1. The van der Waals surface area contributed by atoms with Gasteiger partial charge in [0.25, 0.3) is 5.56 Å². The summed E-state index contributed by atoms with van der Waals surface area (Å²) in [6.07, 6.45) is 1.34. The number of aromatic nitrogens is 3. The largest absolute Gasteiger partial charge is 0.474 e. The van der Waals surface area contributed by atoms with Crippen LogP contribution < -0.4 is 15.0 Å². The maximum absolute atomic E-state index is 16.7. The number of hydrogen-bond acceptors (Lipinski definition) is 7. The van der Waals surface area contributed by atoms with E-state index in [2.05, 4.69) is 68.0 Å². The number of aromatic amines is 1. The highest BCUT2D eigenvalue weighted by Gasteiger charge is 2.41. The fourth-order valence-electron chi connectivity index (χ4n) is 6.25. The molecule has 4 rings (SSSR count). The molecule has 1 N–H and O–H groups in total. The lowest BCUT2D eigenvalue weighted by molar-refractivity contribution is 0.0512. The van der Waals surface area contributed by atoms with E-state index in [1.54, 1.807) is 38.3 Å². The fraction of sp³-hybridized carbons (Fsp3) is 0.441. The van der Waals surface area contributed by atoms with Gasteiger partial charge in [-0.25, -0.2) is 18.7 Å². The van der Waals surface area contributed by atoms with Crippen molar-refractivity contribution in [2.24, 2.45) is 0 Å². The van der Waals surface area contributed by atoms with Gasteiger partial charge in [0, 0.05) is 18.1 Å². The second-order valence-electron chi connectivity index (χ2n) is 12.2. The molecular weight excluding hydrogens is 613 g/mol. The van der Waals surface area contributed by atoms with Crippen molar-refractivity contribution in [2.45, 2.75) is 83.3 Å². The highest BCUT2D eigenvalue weighted by molar-refractivity contribution is 7.98. The molecule has 0 aliphatic rings. The summed E-state index contributed by atoms with van der Waals surface area (Å²) in [7, 11) is -0.774. The summed E-state index contributed by atoms with van der Waals surface area (Å²) in [5.41, 5.74) is 4.02. The van der Waals surface area contributed by atoms with Crippen LogP contribution in [-0.2, 0) is 4.74 Å². The van der Waals surface area contributed by atoms with E-state index in [1.807, 2.05) is 0 Å². The van der Waals surface area contributed by atoms with E-state index >= 15 is 8.78 Å². The molecule has 4 aromatic rings. The van der Waals surface area contributed by atoms with Gasteiger partial charge in [-0.05, 0) is 60.3 Å². The van der Waals surface area contributed by atoms with E-state index in [0.717, 1.165) is 0 Å². The number of nitrogens with zero attached hydrogens (tertiary/aromatic N) is 2. The minimum atomic E-state index is -2.27.